The van der Waals surface area contributed by atoms with Gasteiger partial charge in [-0.2, -0.15) is 14.9 Å². The zero-order chi connectivity index (χ0) is 17.1. The standard InChI is InChI=1S/C16H11ClN4O2S/c17-13-3-1-2-12(8-13)14-19-20-16(24)21(14)18-9-10-4-6-11(7-5-10)15(22)23/h1-9H,(H,20,24)(H,22,23)/b18-9+. The van der Waals surface area contributed by atoms with Crippen LogP contribution in [0.1, 0.15) is 15.9 Å². The van der Waals surface area contributed by atoms with Gasteiger partial charge >= 0.3 is 5.97 Å². The fourth-order valence-corrected chi connectivity index (χ4v) is 2.42. The molecule has 3 aromatic rings. The van der Waals surface area contributed by atoms with Crippen molar-refractivity contribution in [3.63, 3.8) is 0 Å². The number of nitrogens with one attached hydrogen (secondary N) is 1. The SMILES string of the molecule is O=C(O)c1ccc(/C=N/n2c(-c3cccc(Cl)c3)n[nH]c2=S)cc1. The number of aromatic carboxylic acids is 1. The van der Waals surface area contributed by atoms with Crippen LogP contribution < -0.4 is 0 Å². The third-order valence-electron chi connectivity index (χ3n) is 3.21. The molecule has 120 valence electrons. The van der Waals surface area contributed by atoms with E-state index in [-0.39, 0.29) is 5.56 Å². The maximum absolute atomic E-state index is 10.9. The van der Waals surface area contributed by atoms with Gasteiger partial charge in [-0.3, -0.25) is 0 Å². The molecule has 1 heterocycles. The molecular formula is C16H11ClN4O2S. The third-order valence-corrected chi connectivity index (χ3v) is 3.71. The summed E-state index contributed by atoms with van der Waals surface area (Å²) >= 11 is 11.2. The summed E-state index contributed by atoms with van der Waals surface area (Å²) in [4.78, 5) is 10.9. The van der Waals surface area contributed by atoms with Crippen LogP contribution in [0.4, 0.5) is 0 Å². The zero-order valence-corrected chi connectivity index (χ0v) is 13.8. The summed E-state index contributed by atoms with van der Waals surface area (Å²) in [5.74, 6) is -0.445. The van der Waals surface area contributed by atoms with Gasteiger partial charge in [0, 0.05) is 10.6 Å². The lowest BCUT2D eigenvalue weighted by Crippen LogP contribution is -1.97. The molecule has 0 unspecified atom stereocenters. The maximum atomic E-state index is 10.9. The van der Waals surface area contributed by atoms with Crippen molar-refractivity contribution < 1.29 is 9.90 Å². The molecule has 0 saturated heterocycles. The molecule has 0 saturated carbocycles. The number of aromatic amines is 1. The van der Waals surface area contributed by atoms with Gasteiger partial charge in [0.15, 0.2) is 5.82 Å². The highest BCUT2D eigenvalue weighted by Crippen LogP contribution is 2.21. The van der Waals surface area contributed by atoms with Crippen LogP contribution in [0.2, 0.25) is 5.02 Å². The van der Waals surface area contributed by atoms with E-state index in [1.807, 2.05) is 12.1 Å². The summed E-state index contributed by atoms with van der Waals surface area (Å²) in [6.45, 7) is 0. The topological polar surface area (TPSA) is 83.3 Å². The van der Waals surface area contributed by atoms with Crippen LogP contribution in [0, 0.1) is 4.77 Å². The first-order valence-corrected chi connectivity index (χ1v) is 7.64. The van der Waals surface area contributed by atoms with E-state index < -0.39 is 5.97 Å². The van der Waals surface area contributed by atoms with Crippen LogP contribution in [0.25, 0.3) is 11.4 Å². The molecule has 24 heavy (non-hydrogen) atoms. The van der Waals surface area contributed by atoms with Crippen molar-refractivity contribution >= 4 is 36.0 Å². The van der Waals surface area contributed by atoms with Crippen molar-refractivity contribution in [1.82, 2.24) is 14.9 Å². The molecule has 0 amide bonds. The summed E-state index contributed by atoms with van der Waals surface area (Å²) in [6, 6.07) is 13.5. The Kier molecular flexibility index (Phi) is 4.54. The van der Waals surface area contributed by atoms with E-state index in [2.05, 4.69) is 15.3 Å². The summed E-state index contributed by atoms with van der Waals surface area (Å²) in [7, 11) is 0. The Labute approximate surface area is 147 Å². The molecule has 0 aliphatic rings. The largest absolute Gasteiger partial charge is 0.478 e. The minimum absolute atomic E-state index is 0.215. The number of hydrogen-bond donors (Lipinski definition) is 2. The predicted octanol–water partition coefficient (Wildman–Crippen LogP) is 3.84. The number of carboxylic acid groups (broad SMARTS) is 1. The van der Waals surface area contributed by atoms with Gasteiger partial charge in [-0.05, 0) is 42.0 Å². The van der Waals surface area contributed by atoms with Gasteiger partial charge in [0.05, 0.1) is 11.8 Å². The van der Waals surface area contributed by atoms with Gasteiger partial charge in [0.25, 0.3) is 0 Å². The molecule has 8 heteroatoms. The molecule has 0 fully saturated rings. The van der Waals surface area contributed by atoms with E-state index in [9.17, 15) is 4.79 Å². The molecule has 2 N–H and O–H groups in total. The molecule has 6 nitrogen and oxygen atoms in total. The van der Waals surface area contributed by atoms with Crippen molar-refractivity contribution in [2.45, 2.75) is 0 Å². The van der Waals surface area contributed by atoms with Crippen molar-refractivity contribution in [2.75, 3.05) is 0 Å². The summed E-state index contributed by atoms with van der Waals surface area (Å²) in [5.41, 5.74) is 1.72. The van der Waals surface area contributed by atoms with Crippen molar-refractivity contribution in [3.8, 4) is 11.4 Å². The van der Waals surface area contributed by atoms with E-state index in [1.54, 1.807) is 30.5 Å². The molecule has 0 aliphatic heterocycles. The van der Waals surface area contributed by atoms with E-state index >= 15 is 0 Å². The van der Waals surface area contributed by atoms with Crippen molar-refractivity contribution in [1.29, 1.82) is 0 Å². The molecule has 0 bridgehead atoms. The molecule has 1 aromatic heterocycles. The molecule has 0 radical (unpaired) electrons. The highest BCUT2D eigenvalue weighted by molar-refractivity contribution is 7.71. The highest BCUT2D eigenvalue weighted by Gasteiger charge is 2.08. The second-order valence-corrected chi connectivity index (χ2v) is 5.67. The van der Waals surface area contributed by atoms with Gasteiger partial charge in [-0.25, -0.2) is 9.89 Å². The molecular weight excluding hydrogens is 348 g/mol. The first-order chi connectivity index (χ1) is 11.5. The number of carboxylic acids is 1. The Morgan fingerprint density at radius 2 is 2.04 bits per heavy atom. The van der Waals surface area contributed by atoms with Crippen LogP contribution in [0.15, 0.2) is 53.6 Å². The van der Waals surface area contributed by atoms with Crippen LogP contribution in [0.3, 0.4) is 0 Å². The molecule has 0 spiro atoms. The Morgan fingerprint density at radius 3 is 2.71 bits per heavy atom. The Balaban J connectivity index is 1.94. The predicted molar refractivity (Wildman–Crippen MR) is 94.3 cm³/mol. The van der Waals surface area contributed by atoms with Crippen LogP contribution in [0.5, 0.6) is 0 Å². The van der Waals surface area contributed by atoms with Crippen molar-refractivity contribution in [2.24, 2.45) is 5.10 Å². The van der Waals surface area contributed by atoms with E-state index in [1.165, 1.54) is 16.8 Å². The van der Waals surface area contributed by atoms with Gasteiger partial charge in [-0.1, -0.05) is 35.9 Å². The molecule has 0 aliphatic carbocycles. The van der Waals surface area contributed by atoms with Gasteiger partial charge in [-0.15, -0.1) is 0 Å². The number of benzene rings is 2. The minimum Gasteiger partial charge on any atom is -0.478 e. The number of carbonyl (C=O) groups is 1. The fraction of sp³-hybridized carbons (Fsp3) is 0. The Hall–Kier alpha value is -2.77. The van der Waals surface area contributed by atoms with E-state index in [0.29, 0.717) is 15.6 Å². The summed E-state index contributed by atoms with van der Waals surface area (Å²) in [5, 5.41) is 20.7. The molecule has 2 aromatic carbocycles. The fourth-order valence-electron chi connectivity index (χ4n) is 2.05. The lowest BCUT2D eigenvalue weighted by atomic mass is 10.1. The smallest absolute Gasteiger partial charge is 0.335 e. The van der Waals surface area contributed by atoms with Gasteiger partial charge < -0.3 is 5.11 Å². The van der Waals surface area contributed by atoms with Crippen LogP contribution >= 0.6 is 23.8 Å². The average Bonchev–Trinajstić information content (AvgIpc) is 2.94. The van der Waals surface area contributed by atoms with Gasteiger partial charge in [0.1, 0.15) is 0 Å². The zero-order valence-electron chi connectivity index (χ0n) is 12.2. The summed E-state index contributed by atoms with van der Waals surface area (Å²) < 4.78 is 1.81. The first kappa shape index (κ1) is 16.1. The highest BCUT2D eigenvalue weighted by atomic mass is 35.5. The second-order valence-electron chi connectivity index (χ2n) is 4.85. The number of aromatic nitrogens is 3. The monoisotopic (exact) mass is 358 g/mol. The van der Waals surface area contributed by atoms with Gasteiger partial charge in [0.2, 0.25) is 4.77 Å². The van der Waals surface area contributed by atoms with Crippen LogP contribution in [-0.2, 0) is 0 Å². The Morgan fingerprint density at radius 1 is 1.29 bits per heavy atom. The molecule has 0 atom stereocenters. The Bertz CT molecular complexity index is 976. The number of hydrogen-bond acceptors (Lipinski definition) is 4. The first-order valence-electron chi connectivity index (χ1n) is 6.85. The number of halogens is 1. The summed E-state index contributed by atoms with van der Waals surface area (Å²) in [6.07, 6.45) is 1.57. The second kappa shape index (κ2) is 6.77. The number of H-pyrrole nitrogens is 1. The normalized spacial score (nSPS) is 11.0. The lowest BCUT2D eigenvalue weighted by Gasteiger charge is -2.01. The van der Waals surface area contributed by atoms with E-state index in [0.717, 1.165) is 11.1 Å². The van der Waals surface area contributed by atoms with E-state index in [4.69, 9.17) is 28.9 Å². The third kappa shape index (κ3) is 3.42. The number of rotatable bonds is 4. The van der Waals surface area contributed by atoms with Crippen molar-refractivity contribution in [3.05, 3.63) is 69.5 Å². The van der Waals surface area contributed by atoms with Crippen LogP contribution in [-0.4, -0.2) is 32.2 Å². The minimum atomic E-state index is -0.973. The maximum Gasteiger partial charge on any atom is 0.335 e. The molecule has 3 rings (SSSR count). The quantitative estimate of drug-likeness (QED) is 0.548. The average molecular weight is 359 g/mol. The lowest BCUT2D eigenvalue weighted by molar-refractivity contribution is 0.0697. The number of nitrogens with zero attached hydrogens (tertiary/aromatic N) is 3.